The molecule has 6 nitrogen and oxygen atoms in total. The Morgan fingerprint density at radius 2 is 2.04 bits per heavy atom. The zero-order valence-electron chi connectivity index (χ0n) is 14.0. The van der Waals surface area contributed by atoms with E-state index >= 15 is 0 Å². The van der Waals surface area contributed by atoms with Crippen LogP contribution in [0.15, 0.2) is 40.6 Å². The van der Waals surface area contributed by atoms with Gasteiger partial charge < -0.3 is 10.1 Å². The lowest BCUT2D eigenvalue weighted by Gasteiger charge is -2.14. The highest BCUT2D eigenvalue weighted by atomic mass is 35.5. The summed E-state index contributed by atoms with van der Waals surface area (Å²) in [5.41, 5.74) is 0. The van der Waals surface area contributed by atoms with Gasteiger partial charge in [0.2, 0.25) is 0 Å². The zero-order valence-corrected chi connectivity index (χ0v) is 16.4. The van der Waals surface area contributed by atoms with Crippen molar-refractivity contribution in [2.24, 2.45) is 0 Å². The summed E-state index contributed by atoms with van der Waals surface area (Å²) in [6, 6.07) is 10.0. The number of amides is 1. The summed E-state index contributed by atoms with van der Waals surface area (Å²) < 4.78 is 31.0. The lowest BCUT2D eigenvalue weighted by atomic mass is 10.3. The van der Waals surface area contributed by atoms with Crippen molar-refractivity contribution < 1.29 is 17.9 Å². The lowest BCUT2D eigenvalue weighted by Crippen LogP contribution is -2.35. The van der Waals surface area contributed by atoms with E-state index in [1.807, 2.05) is 0 Å². The van der Waals surface area contributed by atoms with Crippen LogP contribution in [-0.4, -0.2) is 38.8 Å². The fourth-order valence-electron chi connectivity index (χ4n) is 1.89. The molecule has 0 radical (unpaired) electrons. The Bertz CT molecular complexity index is 849. The number of carbonyl (C=O) groups is 1. The standard InChI is InChI=1S/C16H19ClN2O4S2/c1-11(23-13-6-4-5-12(17)9-13)16(20)18-10-14-7-8-15(24-14)25(21,22)19(2)3/h4-9,11H,10H2,1-3H3,(H,18,20). The molecule has 0 fully saturated rings. The second-order valence-electron chi connectivity index (χ2n) is 5.44. The molecule has 2 aromatic rings. The van der Waals surface area contributed by atoms with Gasteiger partial charge in [0.05, 0.1) is 6.54 Å². The molecular weight excluding hydrogens is 384 g/mol. The minimum Gasteiger partial charge on any atom is -0.481 e. The van der Waals surface area contributed by atoms with Crippen molar-refractivity contribution in [2.45, 2.75) is 23.8 Å². The number of hydrogen-bond acceptors (Lipinski definition) is 5. The average Bonchev–Trinajstić information content (AvgIpc) is 3.02. The molecule has 1 N–H and O–H groups in total. The molecule has 0 saturated heterocycles. The number of benzene rings is 1. The first-order valence-corrected chi connectivity index (χ1v) is 10.0. The highest BCUT2D eigenvalue weighted by Gasteiger charge is 2.20. The number of nitrogens with zero attached hydrogens (tertiary/aromatic N) is 1. The topological polar surface area (TPSA) is 75.7 Å². The van der Waals surface area contributed by atoms with Crippen molar-refractivity contribution in [3.8, 4) is 5.75 Å². The van der Waals surface area contributed by atoms with E-state index in [9.17, 15) is 13.2 Å². The van der Waals surface area contributed by atoms with E-state index in [0.29, 0.717) is 10.8 Å². The zero-order chi connectivity index (χ0) is 18.6. The Morgan fingerprint density at radius 1 is 1.32 bits per heavy atom. The number of sulfonamides is 1. The number of carbonyl (C=O) groups excluding carboxylic acids is 1. The van der Waals surface area contributed by atoms with Crippen LogP contribution in [0.2, 0.25) is 5.02 Å². The average molecular weight is 403 g/mol. The summed E-state index contributed by atoms with van der Waals surface area (Å²) in [6.45, 7) is 1.86. The van der Waals surface area contributed by atoms with Crippen LogP contribution in [0.1, 0.15) is 11.8 Å². The van der Waals surface area contributed by atoms with Gasteiger partial charge in [-0.1, -0.05) is 17.7 Å². The van der Waals surface area contributed by atoms with Gasteiger partial charge in [-0.2, -0.15) is 0 Å². The third-order valence-corrected chi connectivity index (χ3v) is 6.89. The fourth-order valence-corrected chi connectivity index (χ4v) is 4.53. The van der Waals surface area contributed by atoms with Gasteiger partial charge in [0.1, 0.15) is 9.96 Å². The highest BCUT2D eigenvalue weighted by molar-refractivity contribution is 7.91. The van der Waals surface area contributed by atoms with Gasteiger partial charge in [-0.3, -0.25) is 4.79 Å². The van der Waals surface area contributed by atoms with E-state index in [1.165, 1.54) is 20.2 Å². The van der Waals surface area contributed by atoms with Crippen molar-refractivity contribution in [3.63, 3.8) is 0 Å². The van der Waals surface area contributed by atoms with Crippen molar-refractivity contribution in [1.29, 1.82) is 0 Å². The quantitative estimate of drug-likeness (QED) is 0.772. The van der Waals surface area contributed by atoms with E-state index in [2.05, 4.69) is 5.32 Å². The first-order chi connectivity index (χ1) is 11.7. The number of halogens is 1. The molecule has 1 amide bonds. The Hall–Kier alpha value is -1.61. The smallest absolute Gasteiger partial charge is 0.261 e. The lowest BCUT2D eigenvalue weighted by molar-refractivity contribution is -0.127. The predicted octanol–water partition coefficient (Wildman–Crippen LogP) is 2.74. The number of hydrogen-bond donors (Lipinski definition) is 1. The molecule has 25 heavy (non-hydrogen) atoms. The van der Waals surface area contributed by atoms with Crippen LogP contribution in [0.4, 0.5) is 0 Å². The molecule has 0 bridgehead atoms. The second kappa shape index (κ2) is 8.18. The van der Waals surface area contributed by atoms with Crippen LogP contribution in [0.5, 0.6) is 5.75 Å². The molecule has 1 aromatic carbocycles. The summed E-state index contributed by atoms with van der Waals surface area (Å²) in [7, 11) is -0.499. The highest BCUT2D eigenvalue weighted by Crippen LogP contribution is 2.23. The molecule has 1 unspecified atom stereocenters. The van der Waals surface area contributed by atoms with Gasteiger partial charge in [0.25, 0.3) is 15.9 Å². The monoisotopic (exact) mass is 402 g/mol. The van der Waals surface area contributed by atoms with Crippen molar-refractivity contribution in [2.75, 3.05) is 14.1 Å². The van der Waals surface area contributed by atoms with E-state index in [0.717, 1.165) is 20.5 Å². The molecule has 136 valence electrons. The Balaban J connectivity index is 1.93. The molecule has 0 aliphatic rings. The van der Waals surface area contributed by atoms with Gasteiger partial charge in [-0.15, -0.1) is 11.3 Å². The predicted molar refractivity (Wildman–Crippen MR) is 98.6 cm³/mol. The first-order valence-electron chi connectivity index (χ1n) is 7.41. The minimum absolute atomic E-state index is 0.232. The largest absolute Gasteiger partial charge is 0.481 e. The van der Waals surface area contributed by atoms with E-state index in [-0.39, 0.29) is 16.7 Å². The summed E-state index contributed by atoms with van der Waals surface area (Å²) in [5, 5.41) is 3.26. The maximum absolute atomic E-state index is 12.1. The van der Waals surface area contributed by atoms with Crippen LogP contribution in [0.3, 0.4) is 0 Å². The summed E-state index contributed by atoms with van der Waals surface area (Å²) >= 11 is 7.00. The molecule has 0 saturated carbocycles. The normalized spacial score (nSPS) is 12.8. The van der Waals surface area contributed by atoms with Gasteiger partial charge in [-0.25, -0.2) is 12.7 Å². The summed E-state index contributed by atoms with van der Waals surface area (Å²) in [5.74, 6) is 0.205. The van der Waals surface area contributed by atoms with E-state index < -0.39 is 16.1 Å². The number of nitrogens with one attached hydrogen (secondary N) is 1. The van der Waals surface area contributed by atoms with Gasteiger partial charge in [0.15, 0.2) is 6.10 Å². The third-order valence-electron chi connectivity index (χ3n) is 3.29. The van der Waals surface area contributed by atoms with Crippen molar-refractivity contribution in [3.05, 3.63) is 46.3 Å². The number of rotatable bonds is 7. The fraction of sp³-hybridized carbons (Fsp3) is 0.312. The molecule has 0 spiro atoms. The third kappa shape index (κ3) is 5.18. The van der Waals surface area contributed by atoms with E-state index in [1.54, 1.807) is 37.3 Å². The van der Waals surface area contributed by atoms with Gasteiger partial charge in [-0.05, 0) is 37.3 Å². The van der Waals surface area contributed by atoms with Crippen molar-refractivity contribution in [1.82, 2.24) is 9.62 Å². The van der Waals surface area contributed by atoms with E-state index in [4.69, 9.17) is 16.3 Å². The molecule has 1 atom stereocenters. The molecule has 9 heteroatoms. The first kappa shape index (κ1) is 19.7. The summed E-state index contributed by atoms with van der Waals surface area (Å²) in [6.07, 6.45) is -0.705. The molecule has 1 aromatic heterocycles. The van der Waals surface area contributed by atoms with Crippen LogP contribution >= 0.6 is 22.9 Å². The van der Waals surface area contributed by atoms with Crippen LogP contribution in [-0.2, 0) is 21.4 Å². The molecule has 0 aliphatic carbocycles. The van der Waals surface area contributed by atoms with Crippen molar-refractivity contribution >= 4 is 38.9 Å². The number of ether oxygens (including phenoxy) is 1. The Labute approximate surface area is 156 Å². The van der Waals surface area contributed by atoms with Crippen LogP contribution in [0.25, 0.3) is 0 Å². The maximum atomic E-state index is 12.1. The molecule has 1 heterocycles. The Morgan fingerprint density at radius 3 is 2.68 bits per heavy atom. The van der Waals surface area contributed by atoms with Crippen LogP contribution in [0, 0.1) is 0 Å². The Kier molecular flexibility index (Phi) is 6.45. The summed E-state index contributed by atoms with van der Waals surface area (Å²) in [4.78, 5) is 12.9. The van der Waals surface area contributed by atoms with Gasteiger partial charge in [0, 0.05) is 24.0 Å². The number of thiophene rings is 1. The molecule has 0 aliphatic heterocycles. The molecule has 2 rings (SSSR count). The van der Waals surface area contributed by atoms with Crippen LogP contribution < -0.4 is 10.1 Å². The maximum Gasteiger partial charge on any atom is 0.261 e. The molecular formula is C16H19ClN2O4S2. The SMILES string of the molecule is CC(Oc1cccc(Cl)c1)C(=O)NCc1ccc(S(=O)(=O)N(C)C)s1. The van der Waals surface area contributed by atoms with Gasteiger partial charge >= 0.3 is 0 Å². The minimum atomic E-state index is -3.45. The second-order valence-corrected chi connectivity index (χ2v) is 9.43.